The van der Waals surface area contributed by atoms with Crippen molar-refractivity contribution in [3.05, 3.63) is 54.1 Å². The molecule has 0 saturated heterocycles. The maximum Gasteiger partial charge on any atom is 0.257 e. The lowest BCUT2D eigenvalue weighted by Crippen LogP contribution is -2.17. The molecule has 2 aromatic carbocycles. The van der Waals surface area contributed by atoms with Gasteiger partial charge in [-0.3, -0.25) is 4.79 Å². The molecule has 3 nitrogen and oxygen atoms in total. The fourth-order valence-corrected chi connectivity index (χ4v) is 2.48. The highest BCUT2D eigenvalue weighted by molar-refractivity contribution is 7.98. The summed E-state index contributed by atoms with van der Waals surface area (Å²) >= 11 is 1.65. The predicted molar refractivity (Wildman–Crippen MR) is 91.4 cm³/mol. The highest BCUT2D eigenvalue weighted by Gasteiger charge is 2.11. The van der Waals surface area contributed by atoms with Crippen LogP contribution in [0.4, 0.5) is 11.4 Å². The second kappa shape index (κ2) is 7.18. The monoisotopic (exact) mass is 300 g/mol. The molecule has 1 amide bonds. The third-order valence-electron chi connectivity index (χ3n) is 2.94. The Bertz CT molecular complexity index is 626. The highest BCUT2D eigenvalue weighted by atomic mass is 32.2. The van der Waals surface area contributed by atoms with Crippen LogP contribution in [-0.2, 0) is 0 Å². The van der Waals surface area contributed by atoms with Gasteiger partial charge in [0.2, 0.25) is 0 Å². The van der Waals surface area contributed by atoms with E-state index in [-0.39, 0.29) is 11.9 Å². The Morgan fingerprint density at radius 1 is 1.10 bits per heavy atom. The van der Waals surface area contributed by atoms with Crippen molar-refractivity contribution in [3.63, 3.8) is 0 Å². The molecule has 0 aromatic heterocycles. The summed E-state index contributed by atoms with van der Waals surface area (Å²) in [4.78, 5) is 13.6. The number of thioether (sulfide) groups is 1. The van der Waals surface area contributed by atoms with E-state index in [4.69, 9.17) is 0 Å². The van der Waals surface area contributed by atoms with Gasteiger partial charge in [0, 0.05) is 22.3 Å². The van der Waals surface area contributed by atoms with Crippen LogP contribution in [0, 0.1) is 0 Å². The van der Waals surface area contributed by atoms with Crippen molar-refractivity contribution < 1.29 is 4.79 Å². The van der Waals surface area contributed by atoms with E-state index in [2.05, 4.69) is 24.5 Å². The average Bonchev–Trinajstić information content (AvgIpc) is 2.47. The first-order valence-corrected chi connectivity index (χ1v) is 8.13. The molecule has 0 atom stereocenters. The topological polar surface area (TPSA) is 41.1 Å². The summed E-state index contributed by atoms with van der Waals surface area (Å²) in [5.41, 5.74) is 2.32. The predicted octanol–water partition coefficient (Wildman–Crippen LogP) is 4.48. The molecule has 2 rings (SSSR count). The molecule has 0 saturated carbocycles. The van der Waals surface area contributed by atoms with E-state index in [1.165, 1.54) is 0 Å². The summed E-state index contributed by atoms with van der Waals surface area (Å²) in [6.07, 6.45) is 2.02. The van der Waals surface area contributed by atoms with Crippen LogP contribution in [0.3, 0.4) is 0 Å². The molecule has 0 radical (unpaired) electrons. The maximum absolute atomic E-state index is 12.5. The van der Waals surface area contributed by atoms with E-state index in [1.54, 1.807) is 11.8 Å². The number of para-hydroxylation sites is 1. The molecule has 2 N–H and O–H groups in total. The zero-order valence-corrected chi connectivity index (χ0v) is 13.3. The van der Waals surface area contributed by atoms with Crippen LogP contribution in [0.1, 0.15) is 24.2 Å². The number of carbonyl (C=O) groups is 1. The summed E-state index contributed by atoms with van der Waals surface area (Å²) in [6.45, 7) is 4.10. The second-order valence-corrected chi connectivity index (χ2v) is 5.91. The highest BCUT2D eigenvalue weighted by Crippen LogP contribution is 2.21. The van der Waals surface area contributed by atoms with Gasteiger partial charge in [-0.1, -0.05) is 18.2 Å². The van der Waals surface area contributed by atoms with Gasteiger partial charge in [0.15, 0.2) is 0 Å². The summed E-state index contributed by atoms with van der Waals surface area (Å²) in [5.74, 6) is -0.1000. The molecule has 0 spiro atoms. The van der Waals surface area contributed by atoms with Gasteiger partial charge in [0.1, 0.15) is 0 Å². The molecule has 0 aliphatic carbocycles. The van der Waals surface area contributed by atoms with Crippen LogP contribution in [0.25, 0.3) is 0 Å². The van der Waals surface area contributed by atoms with E-state index in [9.17, 15) is 4.79 Å². The van der Waals surface area contributed by atoms with Crippen LogP contribution >= 0.6 is 11.8 Å². The number of anilines is 2. The minimum absolute atomic E-state index is 0.1000. The standard InChI is InChI=1S/C17H20N2OS/c1-12(2)18-16-10-5-4-9-15(16)17(20)19-13-7-6-8-14(11-13)21-3/h4-12,18H,1-3H3,(H,19,20). The van der Waals surface area contributed by atoms with Gasteiger partial charge in [-0.05, 0) is 50.4 Å². The fraction of sp³-hybridized carbons (Fsp3) is 0.235. The first-order valence-electron chi connectivity index (χ1n) is 6.91. The molecular formula is C17H20N2OS. The Labute approximate surface area is 130 Å². The van der Waals surface area contributed by atoms with Crippen LogP contribution in [0.15, 0.2) is 53.4 Å². The molecular weight excluding hydrogens is 280 g/mol. The van der Waals surface area contributed by atoms with Gasteiger partial charge in [-0.15, -0.1) is 11.8 Å². The first-order chi connectivity index (χ1) is 10.1. The summed E-state index contributed by atoms with van der Waals surface area (Å²) in [6, 6.07) is 15.7. The molecule has 0 aliphatic rings. The van der Waals surface area contributed by atoms with E-state index in [0.717, 1.165) is 16.3 Å². The van der Waals surface area contributed by atoms with Crippen molar-refractivity contribution in [1.82, 2.24) is 0 Å². The van der Waals surface area contributed by atoms with Gasteiger partial charge in [0.05, 0.1) is 5.56 Å². The zero-order valence-electron chi connectivity index (χ0n) is 12.5. The number of benzene rings is 2. The van der Waals surface area contributed by atoms with Crippen molar-refractivity contribution in [1.29, 1.82) is 0 Å². The van der Waals surface area contributed by atoms with Crippen LogP contribution < -0.4 is 10.6 Å². The third kappa shape index (κ3) is 4.26. The number of amides is 1. The van der Waals surface area contributed by atoms with E-state index >= 15 is 0 Å². The van der Waals surface area contributed by atoms with Crippen LogP contribution in [-0.4, -0.2) is 18.2 Å². The normalized spacial score (nSPS) is 10.5. The molecule has 21 heavy (non-hydrogen) atoms. The van der Waals surface area contributed by atoms with Gasteiger partial charge in [0.25, 0.3) is 5.91 Å². The van der Waals surface area contributed by atoms with E-state index in [1.807, 2.05) is 54.8 Å². The summed E-state index contributed by atoms with van der Waals surface area (Å²) in [5, 5.41) is 6.25. The van der Waals surface area contributed by atoms with Gasteiger partial charge in [-0.25, -0.2) is 0 Å². The Morgan fingerprint density at radius 3 is 2.57 bits per heavy atom. The van der Waals surface area contributed by atoms with Gasteiger partial charge >= 0.3 is 0 Å². The van der Waals surface area contributed by atoms with Crippen LogP contribution in [0.2, 0.25) is 0 Å². The summed E-state index contributed by atoms with van der Waals surface area (Å²) in [7, 11) is 0. The average molecular weight is 300 g/mol. The van der Waals surface area contributed by atoms with Crippen molar-refractivity contribution >= 4 is 29.0 Å². The number of nitrogens with one attached hydrogen (secondary N) is 2. The SMILES string of the molecule is CSc1cccc(NC(=O)c2ccccc2NC(C)C)c1. The molecule has 2 aromatic rings. The fourth-order valence-electron chi connectivity index (χ4n) is 2.02. The molecule has 0 unspecified atom stereocenters. The first kappa shape index (κ1) is 15.4. The maximum atomic E-state index is 12.5. The van der Waals surface area contributed by atoms with Crippen molar-refractivity contribution in [2.24, 2.45) is 0 Å². The molecule has 0 bridgehead atoms. The number of hydrogen-bond acceptors (Lipinski definition) is 3. The minimum Gasteiger partial charge on any atom is -0.382 e. The lowest BCUT2D eigenvalue weighted by Gasteiger charge is -2.14. The van der Waals surface area contributed by atoms with Gasteiger partial charge in [-0.2, -0.15) is 0 Å². The molecule has 0 aliphatic heterocycles. The lowest BCUT2D eigenvalue weighted by atomic mass is 10.1. The van der Waals surface area contributed by atoms with Crippen molar-refractivity contribution in [3.8, 4) is 0 Å². The molecule has 0 heterocycles. The largest absolute Gasteiger partial charge is 0.382 e. The molecule has 0 fully saturated rings. The van der Waals surface area contributed by atoms with E-state index < -0.39 is 0 Å². The van der Waals surface area contributed by atoms with Crippen molar-refractivity contribution in [2.45, 2.75) is 24.8 Å². The Morgan fingerprint density at radius 2 is 1.86 bits per heavy atom. The molecule has 110 valence electrons. The Balaban J connectivity index is 2.20. The van der Waals surface area contributed by atoms with Crippen LogP contribution in [0.5, 0.6) is 0 Å². The number of rotatable bonds is 5. The Kier molecular flexibility index (Phi) is 5.28. The zero-order chi connectivity index (χ0) is 15.2. The van der Waals surface area contributed by atoms with E-state index in [0.29, 0.717) is 5.56 Å². The third-order valence-corrected chi connectivity index (χ3v) is 3.67. The minimum atomic E-state index is -0.1000. The smallest absolute Gasteiger partial charge is 0.257 e. The quantitative estimate of drug-likeness (QED) is 0.800. The summed E-state index contributed by atoms with van der Waals surface area (Å²) < 4.78 is 0. The van der Waals surface area contributed by atoms with Crippen molar-refractivity contribution in [2.75, 3.05) is 16.9 Å². The lowest BCUT2D eigenvalue weighted by molar-refractivity contribution is 0.102. The molecule has 4 heteroatoms. The number of carbonyl (C=O) groups excluding carboxylic acids is 1. The Hall–Kier alpha value is -1.94. The van der Waals surface area contributed by atoms with Gasteiger partial charge < -0.3 is 10.6 Å². The number of hydrogen-bond donors (Lipinski definition) is 2. The second-order valence-electron chi connectivity index (χ2n) is 5.03.